The van der Waals surface area contributed by atoms with Crippen LogP contribution in [0.2, 0.25) is 0 Å². The molecule has 0 fully saturated rings. The van der Waals surface area contributed by atoms with E-state index in [4.69, 9.17) is 19.4 Å². The van der Waals surface area contributed by atoms with E-state index in [0.29, 0.717) is 12.0 Å². The molecule has 2 atom stereocenters. The number of fused-ring (bicyclic) bond motifs is 8. The molecule has 0 spiro atoms. The molecule has 3 aliphatic heterocycles. The summed E-state index contributed by atoms with van der Waals surface area (Å²) in [5.74, 6) is -0.763. The van der Waals surface area contributed by atoms with E-state index in [9.17, 15) is 9.59 Å². The van der Waals surface area contributed by atoms with E-state index < -0.39 is 5.97 Å². The van der Waals surface area contributed by atoms with Crippen molar-refractivity contribution in [2.24, 2.45) is 0 Å². The second kappa shape index (κ2) is 11.1. The number of aromatic amines is 2. The van der Waals surface area contributed by atoms with Crippen LogP contribution in [0.15, 0.2) is 30.9 Å². The maximum absolute atomic E-state index is 13.2. The number of allylic oxidation sites excluding steroid dienone is 5. The molecule has 226 valence electrons. The molecule has 5 heterocycles. The fourth-order valence-corrected chi connectivity index (χ4v) is 6.93. The Morgan fingerprint density at radius 1 is 0.977 bits per heavy atom. The number of nitrogens with zero attached hydrogens (tertiary/aromatic N) is 2. The van der Waals surface area contributed by atoms with Crippen LogP contribution < -0.4 is 0 Å². The Morgan fingerprint density at radius 3 is 2.39 bits per heavy atom. The van der Waals surface area contributed by atoms with Crippen molar-refractivity contribution in [1.29, 1.82) is 0 Å². The number of hydrogen-bond acceptors (Lipinski definition) is 6. The number of ether oxygens (including phenoxy) is 2. The van der Waals surface area contributed by atoms with E-state index in [2.05, 4.69) is 69.4 Å². The van der Waals surface area contributed by atoms with Crippen molar-refractivity contribution in [3.05, 3.63) is 81.7 Å². The van der Waals surface area contributed by atoms with Crippen molar-refractivity contribution in [1.82, 2.24) is 19.9 Å². The summed E-state index contributed by atoms with van der Waals surface area (Å²) < 4.78 is 10.3. The van der Waals surface area contributed by atoms with Gasteiger partial charge >= 0.3 is 11.9 Å². The van der Waals surface area contributed by atoms with Crippen molar-refractivity contribution < 1.29 is 19.1 Å². The molecule has 2 aromatic rings. The van der Waals surface area contributed by atoms with E-state index >= 15 is 0 Å². The Kier molecular flexibility index (Phi) is 7.40. The van der Waals surface area contributed by atoms with Gasteiger partial charge in [0.2, 0.25) is 0 Å². The molecule has 44 heavy (non-hydrogen) atoms. The van der Waals surface area contributed by atoms with Crippen molar-refractivity contribution >= 4 is 56.9 Å². The fraction of sp³-hybridized carbons (Fsp3) is 0.333. The highest BCUT2D eigenvalue weighted by molar-refractivity contribution is 6.28. The molecular formula is C36H38N4O4. The predicted octanol–water partition coefficient (Wildman–Crippen LogP) is 7.67. The maximum atomic E-state index is 13.2. The number of nitrogens with one attached hydrogen (secondary N) is 2. The lowest BCUT2D eigenvalue weighted by atomic mass is 9.85. The van der Waals surface area contributed by atoms with E-state index in [1.54, 1.807) is 0 Å². The minimum absolute atomic E-state index is 0.00632. The van der Waals surface area contributed by atoms with Crippen molar-refractivity contribution in [3.63, 3.8) is 0 Å². The van der Waals surface area contributed by atoms with Crippen LogP contribution in [0.25, 0.3) is 45.0 Å². The highest BCUT2D eigenvalue weighted by atomic mass is 16.5. The highest BCUT2D eigenvalue weighted by Gasteiger charge is 2.36. The number of methoxy groups -OCH3 is 2. The molecule has 0 aromatic carbocycles. The van der Waals surface area contributed by atoms with Gasteiger partial charge in [-0.15, -0.1) is 0 Å². The molecule has 0 amide bonds. The third-order valence-electron chi connectivity index (χ3n) is 9.55. The summed E-state index contributed by atoms with van der Waals surface area (Å²) in [5.41, 5.74) is 14.6. The van der Waals surface area contributed by atoms with Gasteiger partial charge < -0.3 is 19.4 Å². The molecule has 8 nitrogen and oxygen atoms in total. The summed E-state index contributed by atoms with van der Waals surface area (Å²) in [6, 6.07) is 6.25. The zero-order valence-electron chi connectivity index (χ0n) is 26.4. The number of H-pyrrole nitrogens is 2. The summed E-state index contributed by atoms with van der Waals surface area (Å²) in [4.78, 5) is 43.0. The zero-order valence-corrected chi connectivity index (χ0v) is 26.4. The van der Waals surface area contributed by atoms with Gasteiger partial charge in [0.1, 0.15) is 0 Å². The quantitative estimate of drug-likeness (QED) is 0.334. The number of rotatable bonds is 6. The predicted molar refractivity (Wildman–Crippen MR) is 175 cm³/mol. The number of carbonyl (C=O) groups excluding carboxylic acids is 2. The Bertz CT molecular complexity index is 1930. The van der Waals surface area contributed by atoms with Crippen LogP contribution in [0.5, 0.6) is 0 Å². The number of aryl methyl sites for hydroxylation is 1. The molecular weight excluding hydrogens is 552 g/mol. The van der Waals surface area contributed by atoms with Gasteiger partial charge in [0.05, 0.1) is 48.1 Å². The molecule has 0 radical (unpaired) electrons. The second-order valence-electron chi connectivity index (χ2n) is 11.8. The first-order valence-electron chi connectivity index (χ1n) is 15.1. The van der Waals surface area contributed by atoms with Gasteiger partial charge in [0, 0.05) is 51.9 Å². The molecule has 2 N–H and O–H groups in total. The first kappa shape index (κ1) is 29.4. The Hall–Kier alpha value is -4.72. The lowest BCUT2D eigenvalue weighted by Gasteiger charge is -2.18. The number of carbonyl (C=O) groups is 2. The van der Waals surface area contributed by atoms with Crippen LogP contribution in [0.3, 0.4) is 0 Å². The first-order valence-corrected chi connectivity index (χ1v) is 15.1. The van der Waals surface area contributed by atoms with Gasteiger partial charge in [0.15, 0.2) is 0 Å². The zero-order chi connectivity index (χ0) is 31.4. The fourth-order valence-electron chi connectivity index (χ4n) is 6.93. The third-order valence-corrected chi connectivity index (χ3v) is 9.55. The Balaban J connectivity index is 1.76. The Labute approximate surface area is 257 Å². The SMILES string of the molecule is C=CC1=C(C)c2cc3[nH]c(c4c5[nH]c(cc6nc(cc1n2)C(C)=C6CC)c(C)c5C=C4C(=O)OC)[C@@H](CCC(=O)OC)[C@@H]3C. The van der Waals surface area contributed by atoms with Gasteiger partial charge in [-0.25, -0.2) is 14.8 Å². The van der Waals surface area contributed by atoms with E-state index in [0.717, 1.165) is 85.0 Å². The van der Waals surface area contributed by atoms with Gasteiger partial charge in [-0.2, -0.15) is 0 Å². The van der Waals surface area contributed by atoms with E-state index in [1.165, 1.54) is 19.8 Å². The van der Waals surface area contributed by atoms with Gasteiger partial charge in [0.25, 0.3) is 0 Å². The number of esters is 2. The molecule has 0 unspecified atom stereocenters. The lowest BCUT2D eigenvalue weighted by molar-refractivity contribution is -0.140. The van der Waals surface area contributed by atoms with Gasteiger partial charge in [-0.05, 0) is 80.2 Å². The standard InChI is InChI=1S/C36H38N4O4/c1-9-21-17(3)26-14-28-19(5)23(11-12-32(41)43-7)34(39-28)33-25(36(42)44-8)13-24-20(6)29(40-35(24)33)16-31-22(10-2)18(4)27(38-31)15-30(21)37-26/h9,13-16,19,23,39-40H,1,10-12H2,2-8H3/t19-,23-/m0/s1. The summed E-state index contributed by atoms with van der Waals surface area (Å²) in [7, 11) is 2.80. The van der Waals surface area contributed by atoms with Crippen LogP contribution in [0.4, 0.5) is 0 Å². The molecule has 1 aliphatic carbocycles. The monoisotopic (exact) mass is 590 g/mol. The average Bonchev–Trinajstić information content (AvgIpc) is 3.77. The molecule has 8 bridgehead atoms. The topological polar surface area (TPSA) is 110 Å². The first-order chi connectivity index (χ1) is 21.1. The number of hydrogen-bond donors (Lipinski definition) is 2. The van der Waals surface area contributed by atoms with Crippen molar-refractivity contribution in [2.75, 3.05) is 14.2 Å². The maximum Gasteiger partial charge on any atom is 0.338 e. The summed E-state index contributed by atoms with van der Waals surface area (Å²) in [6.07, 6.45) is 5.40. The largest absolute Gasteiger partial charge is 0.469 e. The summed E-state index contributed by atoms with van der Waals surface area (Å²) in [5, 5.41) is 0. The van der Waals surface area contributed by atoms with Gasteiger partial charge in [-0.3, -0.25) is 4.79 Å². The van der Waals surface area contributed by atoms with Gasteiger partial charge in [-0.1, -0.05) is 26.5 Å². The lowest BCUT2D eigenvalue weighted by Crippen LogP contribution is -2.10. The smallest absolute Gasteiger partial charge is 0.338 e. The van der Waals surface area contributed by atoms with Crippen LogP contribution in [-0.2, 0) is 19.1 Å². The molecule has 6 rings (SSSR count). The molecule has 8 heteroatoms. The van der Waals surface area contributed by atoms with Crippen molar-refractivity contribution in [3.8, 4) is 0 Å². The minimum Gasteiger partial charge on any atom is -0.469 e. The van der Waals surface area contributed by atoms with Crippen molar-refractivity contribution in [2.45, 2.75) is 65.7 Å². The molecule has 2 aromatic heterocycles. The van der Waals surface area contributed by atoms with E-state index in [1.807, 2.05) is 12.2 Å². The molecule has 0 saturated heterocycles. The van der Waals surface area contributed by atoms with Crippen LogP contribution in [0, 0.1) is 6.92 Å². The average molecular weight is 591 g/mol. The summed E-state index contributed by atoms with van der Waals surface area (Å²) >= 11 is 0. The van der Waals surface area contributed by atoms with Crippen LogP contribution >= 0.6 is 0 Å². The summed E-state index contributed by atoms with van der Waals surface area (Å²) in [6.45, 7) is 14.6. The highest BCUT2D eigenvalue weighted by Crippen LogP contribution is 2.47. The molecule has 4 aliphatic rings. The molecule has 0 saturated carbocycles. The minimum atomic E-state index is -0.411. The van der Waals surface area contributed by atoms with E-state index in [-0.39, 0.29) is 24.2 Å². The second-order valence-corrected chi connectivity index (χ2v) is 11.8. The Morgan fingerprint density at radius 2 is 1.70 bits per heavy atom. The van der Waals surface area contributed by atoms with Crippen LogP contribution in [-0.4, -0.2) is 46.1 Å². The normalized spacial score (nSPS) is 17.9. The number of aromatic nitrogens is 4. The third kappa shape index (κ3) is 4.51. The van der Waals surface area contributed by atoms with Crippen LogP contribution in [0.1, 0.15) is 110 Å².